The Morgan fingerprint density at radius 3 is 2.70 bits per heavy atom. The number of nitro groups is 1. The van der Waals surface area contributed by atoms with Gasteiger partial charge in [0, 0.05) is 23.9 Å². The summed E-state index contributed by atoms with van der Waals surface area (Å²) in [5.74, 6) is -0.300. The first kappa shape index (κ1) is 14.3. The summed E-state index contributed by atoms with van der Waals surface area (Å²) in [6, 6.07) is 9.29. The molecule has 0 bridgehead atoms. The van der Waals surface area contributed by atoms with Crippen molar-refractivity contribution >= 4 is 23.0 Å². The quantitative estimate of drug-likeness (QED) is 0.675. The molecule has 6 heteroatoms. The highest BCUT2D eigenvalue weighted by molar-refractivity contribution is 6.33. The lowest BCUT2D eigenvalue weighted by Crippen LogP contribution is -2.03. The van der Waals surface area contributed by atoms with Gasteiger partial charge in [0.25, 0.3) is 5.69 Å². The van der Waals surface area contributed by atoms with E-state index in [-0.39, 0.29) is 23.1 Å². The van der Waals surface area contributed by atoms with Gasteiger partial charge >= 0.3 is 0 Å². The second-order valence-electron chi connectivity index (χ2n) is 4.32. The maximum absolute atomic E-state index is 13.5. The predicted octanol–water partition coefficient (Wildman–Crippen LogP) is 4.31. The van der Waals surface area contributed by atoms with Crippen molar-refractivity contribution in [3.05, 3.63) is 68.5 Å². The molecule has 0 unspecified atom stereocenters. The van der Waals surface area contributed by atoms with E-state index in [0.717, 1.165) is 0 Å². The first-order valence-corrected chi connectivity index (χ1v) is 6.28. The van der Waals surface area contributed by atoms with Crippen LogP contribution in [0.5, 0.6) is 0 Å². The zero-order valence-electron chi connectivity index (χ0n) is 10.7. The molecule has 0 fully saturated rings. The number of hydrogen-bond acceptors (Lipinski definition) is 3. The summed E-state index contributed by atoms with van der Waals surface area (Å²) in [7, 11) is 0. The SMILES string of the molecule is Cc1cc([N+](=O)[O-])c(Cl)cc1NCc1ccccc1F. The number of hydrogen-bond donors (Lipinski definition) is 1. The van der Waals surface area contributed by atoms with E-state index in [1.807, 2.05) is 0 Å². The summed E-state index contributed by atoms with van der Waals surface area (Å²) in [6.07, 6.45) is 0. The molecule has 0 amide bonds. The fourth-order valence-corrected chi connectivity index (χ4v) is 2.06. The normalized spacial score (nSPS) is 10.3. The molecule has 20 heavy (non-hydrogen) atoms. The molecule has 2 aromatic carbocycles. The van der Waals surface area contributed by atoms with Crippen LogP contribution in [0.2, 0.25) is 5.02 Å². The lowest BCUT2D eigenvalue weighted by Gasteiger charge is -2.11. The van der Waals surface area contributed by atoms with E-state index in [2.05, 4.69) is 5.32 Å². The second kappa shape index (κ2) is 5.88. The highest BCUT2D eigenvalue weighted by atomic mass is 35.5. The molecule has 0 aliphatic carbocycles. The molecule has 4 nitrogen and oxygen atoms in total. The first-order valence-electron chi connectivity index (χ1n) is 5.91. The van der Waals surface area contributed by atoms with E-state index >= 15 is 0 Å². The summed E-state index contributed by atoms with van der Waals surface area (Å²) in [5, 5.41) is 13.8. The molecule has 0 radical (unpaired) electrons. The van der Waals surface area contributed by atoms with Gasteiger partial charge in [-0.05, 0) is 24.6 Å². The van der Waals surface area contributed by atoms with Crippen LogP contribution in [-0.4, -0.2) is 4.92 Å². The van der Waals surface area contributed by atoms with Crippen LogP contribution in [0.4, 0.5) is 15.8 Å². The van der Waals surface area contributed by atoms with Gasteiger partial charge in [-0.1, -0.05) is 29.8 Å². The number of halogens is 2. The topological polar surface area (TPSA) is 55.2 Å². The lowest BCUT2D eigenvalue weighted by atomic mass is 10.1. The minimum Gasteiger partial charge on any atom is -0.381 e. The van der Waals surface area contributed by atoms with Gasteiger partial charge in [0.1, 0.15) is 10.8 Å². The van der Waals surface area contributed by atoms with Crippen molar-refractivity contribution in [3.63, 3.8) is 0 Å². The Bertz CT molecular complexity index is 662. The zero-order chi connectivity index (χ0) is 14.7. The van der Waals surface area contributed by atoms with Gasteiger partial charge in [-0.3, -0.25) is 10.1 Å². The number of aryl methyl sites for hydroxylation is 1. The van der Waals surface area contributed by atoms with Crippen LogP contribution in [0.3, 0.4) is 0 Å². The molecule has 0 atom stereocenters. The minimum atomic E-state index is -0.532. The van der Waals surface area contributed by atoms with E-state index in [1.165, 1.54) is 18.2 Å². The van der Waals surface area contributed by atoms with Gasteiger partial charge in [-0.15, -0.1) is 0 Å². The van der Waals surface area contributed by atoms with E-state index in [0.29, 0.717) is 16.8 Å². The van der Waals surface area contributed by atoms with Crippen molar-refractivity contribution in [3.8, 4) is 0 Å². The molecule has 2 aromatic rings. The lowest BCUT2D eigenvalue weighted by molar-refractivity contribution is -0.384. The maximum atomic E-state index is 13.5. The molecular weight excluding hydrogens is 283 g/mol. The van der Waals surface area contributed by atoms with Crippen LogP contribution in [0, 0.1) is 22.9 Å². The molecule has 0 spiro atoms. The number of nitrogens with one attached hydrogen (secondary N) is 1. The molecule has 0 saturated carbocycles. The number of nitrogens with zero attached hydrogens (tertiary/aromatic N) is 1. The molecule has 0 saturated heterocycles. The Morgan fingerprint density at radius 1 is 1.35 bits per heavy atom. The second-order valence-corrected chi connectivity index (χ2v) is 4.73. The summed E-state index contributed by atoms with van der Waals surface area (Å²) >= 11 is 5.85. The van der Waals surface area contributed by atoms with Crippen molar-refractivity contribution in [1.29, 1.82) is 0 Å². The average Bonchev–Trinajstić information content (AvgIpc) is 2.40. The van der Waals surface area contributed by atoms with Crippen molar-refractivity contribution in [2.45, 2.75) is 13.5 Å². The number of rotatable bonds is 4. The van der Waals surface area contributed by atoms with Crippen molar-refractivity contribution < 1.29 is 9.31 Å². The Balaban J connectivity index is 2.21. The number of benzene rings is 2. The Morgan fingerprint density at radius 2 is 2.05 bits per heavy atom. The van der Waals surface area contributed by atoms with E-state index < -0.39 is 4.92 Å². The smallest absolute Gasteiger partial charge is 0.288 e. The highest BCUT2D eigenvalue weighted by Gasteiger charge is 2.15. The van der Waals surface area contributed by atoms with E-state index in [4.69, 9.17) is 11.6 Å². The van der Waals surface area contributed by atoms with Crippen molar-refractivity contribution in [1.82, 2.24) is 0 Å². The van der Waals surface area contributed by atoms with E-state index in [9.17, 15) is 14.5 Å². The fraction of sp³-hybridized carbons (Fsp3) is 0.143. The van der Waals surface area contributed by atoms with Crippen LogP contribution in [0.15, 0.2) is 36.4 Å². The molecule has 0 aliphatic rings. The standard InChI is InChI=1S/C14H12ClFN2O2/c1-9-6-14(18(19)20)11(15)7-13(9)17-8-10-4-2-3-5-12(10)16/h2-7,17H,8H2,1H3. The Hall–Kier alpha value is -2.14. The third-order valence-corrected chi connectivity index (χ3v) is 3.22. The first-order chi connectivity index (χ1) is 9.49. The Labute approximate surface area is 120 Å². The Kier molecular flexibility index (Phi) is 4.20. The van der Waals surface area contributed by atoms with Crippen LogP contribution < -0.4 is 5.32 Å². The zero-order valence-corrected chi connectivity index (χ0v) is 11.4. The molecule has 1 N–H and O–H groups in total. The third kappa shape index (κ3) is 3.05. The largest absolute Gasteiger partial charge is 0.381 e. The van der Waals surface area contributed by atoms with Crippen LogP contribution in [-0.2, 0) is 6.54 Å². The average molecular weight is 295 g/mol. The number of nitro benzene ring substituents is 1. The molecule has 0 aromatic heterocycles. The van der Waals surface area contributed by atoms with Crippen molar-refractivity contribution in [2.24, 2.45) is 0 Å². The van der Waals surface area contributed by atoms with E-state index in [1.54, 1.807) is 25.1 Å². The van der Waals surface area contributed by atoms with Crippen LogP contribution in [0.25, 0.3) is 0 Å². The minimum absolute atomic E-state index is 0.0524. The van der Waals surface area contributed by atoms with Gasteiger partial charge in [-0.25, -0.2) is 4.39 Å². The summed E-state index contributed by atoms with van der Waals surface area (Å²) in [6.45, 7) is 2.01. The van der Waals surface area contributed by atoms with Crippen LogP contribution in [0.1, 0.15) is 11.1 Å². The predicted molar refractivity (Wildman–Crippen MR) is 76.6 cm³/mol. The van der Waals surface area contributed by atoms with Gasteiger partial charge in [-0.2, -0.15) is 0 Å². The summed E-state index contributed by atoms with van der Waals surface area (Å²) in [5.41, 5.74) is 1.70. The highest BCUT2D eigenvalue weighted by Crippen LogP contribution is 2.30. The third-order valence-electron chi connectivity index (χ3n) is 2.92. The van der Waals surface area contributed by atoms with Gasteiger partial charge in [0.2, 0.25) is 0 Å². The summed E-state index contributed by atoms with van der Waals surface area (Å²) < 4.78 is 13.5. The molecular formula is C14H12ClFN2O2. The molecule has 0 heterocycles. The fourth-order valence-electron chi connectivity index (χ4n) is 1.83. The van der Waals surface area contributed by atoms with Gasteiger partial charge in [0.05, 0.1) is 4.92 Å². The molecule has 2 rings (SSSR count). The molecule has 104 valence electrons. The van der Waals surface area contributed by atoms with Crippen LogP contribution >= 0.6 is 11.6 Å². The van der Waals surface area contributed by atoms with Crippen molar-refractivity contribution in [2.75, 3.05) is 5.32 Å². The maximum Gasteiger partial charge on any atom is 0.288 e. The van der Waals surface area contributed by atoms with Gasteiger partial charge in [0.15, 0.2) is 0 Å². The molecule has 0 aliphatic heterocycles. The summed E-state index contributed by atoms with van der Waals surface area (Å²) in [4.78, 5) is 10.2. The monoisotopic (exact) mass is 294 g/mol. The van der Waals surface area contributed by atoms with Gasteiger partial charge < -0.3 is 5.32 Å². The number of anilines is 1.